The highest BCUT2D eigenvalue weighted by Crippen LogP contribution is 2.73. The van der Waals surface area contributed by atoms with Gasteiger partial charge in [-0.2, -0.15) is 0 Å². The molecule has 0 heteroatoms. The molecule has 61 heavy (non-hydrogen) atoms. The lowest BCUT2D eigenvalue weighted by atomic mass is 9.61. The lowest BCUT2D eigenvalue weighted by Crippen LogP contribution is -2.38. The summed E-state index contributed by atoms with van der Waals surface area (Å²) in [5, 5.41) is 0. The molecule has 15 rings (SSSR count). The fourth-order valence-corrected chi connectivity index (χ4v) is 20.9. The van der Waals surface area contributed by atoms with Crippen molar-refractivity contribution < 1.29 is 0 Å². The van der Waals surface area contributed by atoms with Crippen LogP contribution in [-0.2, 0) is 0 Å². The predicted octanol–water partition coefficient (Wildman–Crippen LogP) is 18.2. The first kappa shape index (κ1) is 48.2. The number of hydrogen-bond acceptors (Lipinski definition) is 0. The molecule has 12 bridgehead atoms. The van der Waals surface area contributed by atoms with E-state index in [1.54, 1.807) is 109 Å². The first-order valence-electron chi connectivity index (χ1n) is 29.3. The zero-order valence-electron chi connectivity index (χ0n) is 42.8. The maximum atomic E-state index is 2.60. The molecule has 0 heterocycles. The Morgan fingerprint density at radius 3 is 0.590 bits per heavy atom. The SMILES string of the molecule is C1=CC2CC1C1C3CC(C4CCCC43)C21.C1=CC2CC1C1C3CC(C4CCCCC43)C21.C1=CC2CC1C1C3CC(C4CCCCCCC43)C21.CC.CC.CC.CC.CC.CC. The highest BCUT2D eigenvalue weighted by atomic mass is 14.7. The topological polar surface area (TPSA) is 0 Å². The van der Waals surface area contributed by atoms with Gasteiger partial charge >= 0.3 is 0 Å². The van der Waals surface area contributed by atoms with Gasteiger partial charge in [0.1, 0.15) is 0 Å². The molecule has 24 unspecified atom stereocenters. The Hall–Kier alpha value is -0.780. The Balaban J connectivity index is 0.000000123. The maximum absolute atomic E-state index is 2.60. The van der Waals surface area contributed by atoms with Crippen molar-refractivity contribution in [2.75, 3.05) is 0 Å². The predicted molar refractivity (Wildman–Crippen MR) is 267 cm³/mol. The minimum absolute atomic E-state index is 1.02. The summed E-state index contributed by atoms with van der Waals surface area (Å²) in [7, 11) is 0. The Kier molecular flexibility index (Phi) is 17.1. The summed E-state index contributed by atoms with van der Waals surface area (Å²) in [4.78, 5) is 0. The Labute approximate surface area is 382 Å². The second-order valence-corrected chi connectivity index (χ2v) is 22.2. The van der Waals surface area contributed by atoms with E-state index in [0.717, 1.165) is 94.7 Å². The van der Waals surface area contributed by atoms with Crippen molar-refractivity contribution in [1.82, 2.24) is 0 Å². The van der Waals surface area contributed by atoms with E-state index < -0.39 is 0 Å². The highest BCUT2D eigenvalue weighted by molar-refractivity contribution is 5.24. The lowest BCUT2D eigenvalue weighted by Gasteiger charge is -2.44. The molecule has 0 nitrogen and oxygen atoms in total. The van der Waals surface area contributed by atoms with Crippen molar-refractivity contribution in [2.45, 2.75) is 205 Å². The van der Waals surface area contributed by atoms with Crippen LogP contribution in [0.3, 0.4) is 0 Å². The summed E-state index contributed by atoms with van der Waals surface area (Å²) in [6.07, 6.45) is 45.5. The molecule has 15 aliphatic carbocycles. The van der Waals surface area contributed by atoms with Crippen molar-refractivity contribution in [1.29, 1.82) is 0 Å². The van der Waals surface area contributed by atoms with Gasteiger partial charge in [-0.3, -0.25) is 0 Å². The minimum atomic E-state index is 1.02. The molecular formula is C61H104. The molecule has 0 spiro atoms. The molecule has 0 aromatic heterocycles. The van der Waals surface area contributed by atoms with Gasteiger partial charge in [0, 0.05) is 0 Å². The molecule has 0 aromatic carbocycles. The quantitative estimate of drug-likeness (QED) is 0.168. The smallest absolute Gasteiger partial charge is 0.0194 e. The summed E-state index contributed by atoms with van der Waals surface area (Å²) in [5.74, 6) is 27.0. The first-order chi connectivity index (χ1) is 30.3. The first-order valence-corrected chi connectivity index (χ1v) is 29.3. The third-order valence-corrected chi connectivity index (χ3v) is 21.5. The number of hydrogen-bond donors (Lipinski definition) is 0. The summed E-state index contributed by atoms with van der Waals surface area (Å²) < 4.78 is 0. The van der Waals surface area contributed by atoms with Crippen LogP contribution in [0.5, 0.6) is 0 Å². The summed E-state index contributed by atoms with van der Waals surface area (Å²) in [6.45, 7) is 24.0. The van der Waals surface area contributed by atoms with E-state index in [1.807, 2.05) is 83.1 Å². The minimum Gasteiger partial charge on any atom is -0.0848 e. The van der Waals surface area contributed by atoms with E-state index in [0.29, 0.717) is 0 Å². The fourth-order valence-electron chi connectivity index (χ4n) is 20.9. The fraction of sp³-hybridized carbons (Fsp3) is 0.902. The van der Waals surface area contributed by atoms with Crippen LogP contribution in [0.2, 0.25) is 0 Å². The van der Waals surface area contributed by atoms with Crippen LogP contribution in [0.15, 0.2) is 36.5 Å². The Bertz CT molecular complexity index is 1320. The van der Waals surface area contributed by atoms with Crippen LogP contribution in [0.4, 0.5) is 0 Å². The molecule has 24 atom stereocenters. The van der Waals surface area contributed by atoms with Gasteiger partial charge in [0.05, 0.1) is 0 Å². The molecule has 12 fully saturated rings. The molecule has 15 aliphatic rings. The summed E-state index contributed by atoms with van der Waals surface area (Å²) in [6, 6.07) is 0. The van der Waals surface area contributed by atoms with Crippen LogP contribution >= 0.6 is 0 Å². The zero-order valence-corrected chi connectivity index (χ0v) is 42.8. The van der Waals surface area contributed by atoms with Gasteiger partial charge in [0.25, 0.3) is 0 Å². The average Bonchev–Trinajstić information content (AvgIpc) is 4.18. The normalized spacial score (nSPS) is 52.1. The third-order valence-electron chi connectivity index (χ3n) is 21.5. The summed E-state index contributed by atoms with van der Waals surface area (Å²) in [5.41, 5.74) is 0. The molecular weight excluding hydrogens is 733 g/mol. The van der Waals surface area contributed by atoms with Gasteiger partial charge in [-0.05, 0) is 219 Å². The third kappa shape index (κ3) is 7.94. The summed E-state index contributed by atoms with van der Waals surface area (Å²) >= 11 is 0. The molecule has 0 saturated heterocycles. The van der Waals surface area contributed by atoms with Crippen LogP contribution < -0.4 is 0 Å². The largest absolute Gasteiger partial charge is 0.0848 e. The second-order valence-electron chi connectivity index (χ2n) is 22.2. The molecule has 0 radical (unpaired) electrons. The monoisotopic (exact) mass is 837 g/mol. The van der Waals surface area contributed by atoms with E-state index in [2.05, 4.69) is 36.5 Å². The average molecular weight is 838 g/mol. The number of fused-ring (bicyclic) bond motifs is 36. The molecule has 0 amide bonds. The molecule has 348 valence electrons. The van der Waals surface area contributed by atoms with E-state index in [4.69, 9.17) is 0 Å². The van der Waals surface area contributed by atoms with Crippen molar-refractivity contribution in [3.05, 3.63) is 36.5 Å². The van der Waals surface area contributed by atoms with Crippen LogP contribution in [0.1, 0.15) is 205 Å². The molecule has 0 N–H and O–H groups in total. The van der Waals surface area contributed by atoms with Gasteiger partial charge in [-0.25, -0.2) is 0 Å². The second kappa shape index (κ2) is 21.7. The van der Waals surface area contributed by atoms with Crippen LogP contribution in [-0.4, -0.2) is 0 Å². The Morgan fingerprint density at radius 1 is 0.197 bits per heavy atom. The number of rotatable bonds is 0. The highest BCUT2D eigenvalue weighted by Gasteiger charge is 2.66. The lowest BCUT2D eigenvalue weighted by molar-refractivity contribution is 0.0579. The van der Waals surface area contributed by atoms with Gasteiger partial charge in [-0.1, -0.05) is 164 Å². The van der Waals surface area contributed by atoms with E-state index in [1.165, 1.54) is 60.2 Å². The molecule has 0 aliphatic heterocycles. The molecule has 0 aromatic rings. The van der Waals surface area contributed by atoms with Crippen molar-refractivity contribution in [3.8, 4) is 0 Å². The van der Waals surface area contributed by atoms with Crippen LogP contribution in [0, 0.1) is 142 Å². The van der Waals surface area contributed by atoms with Crippen LogP contribution in [0.25, 0.3) is 0 Å². The molecule has 12 saturated carbocycles. The van der Waals surface area contributed by atoms with Crippen molar-refractivity contribution in [2.24, 2.45) is 142 Å². The number of allylic oxidation sites excluding steroid dienone is 6. The zero-order chi connectivity index (χ0) is 43.5. The Morgan fingerprint density at radius 2 is 0.377 bits per heavy atom. The van der Waals surface area contributed by atoms with E-state index >= 15 is 0 Å². The van der Waals surface area contributed by atoms with Gasteiger partial charge in [-0.15, -0.1) is 0 Å². The van der Waals surface area contributed by atoms with E-state index in [9.17, 15) is 0 Å². The maximum Gasteiger partial charge on any atom is -0.0194 e. The standard InChI is InChI=1S/C18H26.C16H22.C15H20.6C2H6/c1-2-4-6-14-13(5-3-1)15-10-16(14)18-12-8-7-11(9-12)17(15)18;1-2-4-12-11(3-1)13-8-14(12)16-10-6-5-9(7-10)15(13)16;1-2-10-11(3-1)13-7-12(10)14-8-4-5-9(6-8)15(13)14;6*1-2/h7-8,11-18H,1-6,9-10H2;5-6,9-16H,1-4,7-8H2;4-5,8-15H,1-3,6-7H2;6*1-2H3. The van der Waals surface area contributed by atoms with Gasteiger partial charge in [0.15, 0.2) is 0 Å². The van der Waals surface area contributed by atoms with Crippen molar-refractivity contribution >= 4 is 0 Å². The van der Waals surface area contributed by atoms with Crippen molar-refractivity contribution in [3.63, 3.8) is 0 Å². The van der Waals surface area contributed by atoms with E-state index in [-0.39, 0.29) is 0 Å². The van der Waals surface area contributed by atoms with Gasteiger partial charge < -0.3 is 0 Å². The van der Waals surface area contributed by atoms with Gasteiger partial charge in [0.2, 0.25) is 0 Å².